The Hall–Kier alpha value is -1.44. The van der Waals surface area contributed by atoms with Crippen LogP contribution < -0.4 is 11.2 Å². The molecule has 1 aliphatic rings. The third-order valence-corrected chi connectivity index (χ3v) is 2.53. The van der Waals surface area contributed by atoms with Gasteiger partial charge in [0.2, 0.25) is 0 Å². The Morgan fingerprint density at radius 2 is 2.31 bits per heavy atom. The van der Waals surface area contributed by atoms with Gasteiger partial charge in [-0.2, -0.15) is 0 Å². The number of H-pyrrole nitrogens is 1. The molecule has 0 aliphatic carbocycles. The summed E-state index contributed by atoms with van der Waals surface area (Å²) in [6, 6.07) is 1.18. The van der Waals surface area contributed by atoms with Crippen molar-refractivity contribution in [3.8, 4) is 0 Å². The van der Waals surface area contributed by atoms with Gasteiger partial charge in [0.25, 0.3) is 5.56 Å². The second-order valence-electron chi connectivity index (χ2n) is 3.62. The van der Waals surface area contributed by atoms with E-state index in [1.165, 1.54) is 12.3 Å². The van der Waals surface area contributed by atoms with Gasteiger partial charge in [0.05, 0.1) is 6.10 Å². The molecule has 2 N–H and O–H groups in total. The third-order valence-electron chi connectivity index (χ3n) is 2.53. The van der Waals surface area contributed by atoms with Crippen molar-refractivity contribution in [2.24, 2.45) is 0 Å². The molecule has 0 aromatic carbocycles. The van der Waals surface area contributed by atoms with Gasteiger partial charge in [0, 0.05) is 18.7 Å². The first-order valence-corrected chi connectivity index (χ1v) is 4.85. The number of aliphatic hydroxyl groups is 1. The number of nitrogens with zero attached hydrogens (tertiary/aromatic N) is 1. The van der Waals surface area contributed by atoms with Crippen molar-refractivity contribution in [3.63, 3.8) is 0 Å². The van der Waals surface area contributed by atoms with Crippen LogP contribution in [0.25, 0.3) is 0 Å². The van der Waals surface area contributed by atoms with Crippen molar-refractivity contribution < 1.29 is 14.9 Å². The van der Waals surface area contributed by atoms with Crippen LogP contribution in [0.15, 0.2) is 21.9 Å². The monoisotopic (exact) mass is 227 g/mol. The van der Waals surface area contributed by atoms with Crippen molar-refractivity contribution in [2.75, 3.05) is 6.61 Å². The second-order valence-corrected chi connectivity index (χ2v) is 3.62. The lowest BCUT2D eigenvalue weighted by molar-refractivity contribution is -0.0598. The number of rotatable bonds is 2. The molecule has 16 heavy (non-hydrogen) atoms. The normalized spacial score (nSPS) is 29.5. The van der Waals surface area contributed by atoms with Crippen LogP contribution in [-0.2, 0) is 9.84 Å². The van der Waals surface area contributed by atoms with E-state index in [-0.39, 0.29) is 6.42 Å². The van der Waals surface area contributed by atoms with Gasteiger partial charge in [0.1, 0.15) is 18.9 Å². The van der Waals surface area contributed by atoms with Crippen molar-refractivity contribution in [1.82, 2.24) is 9.55 Å². The van der Waals surface area contributed by atoms with Crippen LogP contribution >= 0.6 is 0 Å². The Morgan fingerprint density at radius 3 is 2.88 bits per heavy atom. The Bertz CT molecular complexity index is 479. The minimum absolute atomic E-state index is 0.166. The van der Waals surface area contributed by atoms with Gasteiger partial charge in [-0.05, 0) is 0 Å². The van der Waals surface area contributed by atoms with Crippen LogP contribution in [0.3, 0.4) is 0 Å². The average Bonchev–Trinajstić information content (AvgIpc) is 2.59. The number of aliphatic hydroxyl groups excluding tert-OH is 1. The fourth-order valence-electron chi connectivity index (χ4n) is 1.69. The lowest BCUT2D eigenvalue weighted by Crippen LogP contribution is -2.31. The Morgan fingerprint density at radius 1 is 1.56 bits per heavy atom. The summed E-state index contributed by atoms with van der Waals surface area (Å²) in [6.45, 7) is -0.560. The summed E-state index contributed by atoms with van der Waals surface area (Å²) < 4.78 is 6.36. The van der Waals surface area contributed by atoms with E-state index in [9.17, 15) is 19.8 Å². The van der Waals surface area contributed by atoms with Gasteiger partial charge < -0.3 is 9.84 Å². The first kappa shape index (κ1) is 11.1. The molecule has 1 fully saturated rings. The molecule has 3 atom stereocenters. The highest BCUT2D eigenvalue weighted by molar-refractivity contribution is 4.88. The average molecular weight is 227 g/mol. The molecule has 2 rings (SSSR count). The summed E-state index contributed by atoms with van der Waals surface area (Å²) in [5.41, 5.74) is -1.11. The van der Waals surface area contributed by atoms with Crippen LogP contribution in [0, 0.1) is 0 Å². The lowest BCUT2D eigenvalue weighted by atomic mass is 10.2. The molecule has 1 aromatic rings. The first-order valence-electron chi connectivity index (χ1n) is 4.85. The highest BCUT2D eigenvalue weighted by atomic mass is 16.5. The number of hydrogen-bond donors (Lipinski definition) is 2. The fourth-order valence-corrected chi connectivity index (χ4v) is 1.69. The van der Waals surface area contributed by atoms with E-state index in [2.05, 4.69) is 4.98 Å². The minimum Gasteiger partial charge on any atom is -0.390 e. The lowest BCUT2D eigenvalue weighted by Gasteiger charge is -2.13. The van der Waals surface area contributed by atoms with Gasteiger partial charge in [-0.1, -0.05) is 0 Å². The number of aromatic nitrogens is 2. The van der Waals surface area contributed by atoms with Gasteiger partial charge in [0.15, 0.2) is 0 Å². The summed E-state index contributed by atoms with van der Waals surface area (Å²) in [7, 11) is 0. The molecule has 0 saturated carbocycles. The molecule has 1 saturated heterocycles. The van der Waals surface area contributed by atoms with Crippen molar-refractivity contribution in [1.29, 1.82) is 0 Å². The Labute approximate surface area is 89.9 Å². The number of aromatic amines is 1. The molecule has 0 amide bonds. The molecule has 7 nitrogen and oxygen atoms in total. The molecule has 0 bridgehead atoms. The van der Waals surface area contributed by atoms with E-state index >= 15 is 0 Å². The summed E-state index contributed by atoms with van der Waals surface area (Å²) in [5, 5.41) is 20.1. The minimum atomic E-state index is -0.874. The van der Waals surface area contributed by atoms with Crippen LogP contribution in [0.4, 0.5) is 0 Å². The van der Waals surface area contributed by atoms with E-state index in [0.717, 1.165) is 4.57 Å². The largest absolute Gasteiger partial charge is 0.390 e. The topological polar surface area (TPSA) is 104 Å². The molecular formula is C9H11N2O5. The number of nitrogens with one attached hydrogen (secondary N) is 1. The summed E-state index contributed by atoms with van der Waals surface area (Å²) in [5.74, 6) is 0. The van der Waals surface area contributed by atoms with E-state index in [0.29, 0.717) is 0 Å². The molecule has 0 unspecified atom stereocenters. The zero-order valence-corrected chi connectivity index (χ0v) is 8.33. The standard InChI is InChI=1S/C9H11N2O5/c12-4-6-5(13)3-8(16-6)11-2-1-7(14)10-9(11)15/h1-2,5-6,8,13H,3-4H2,(H,10,14,15)/t5-,6+,8+/m0/s1. The van der Waals surface area contributed by atoms with E-state index in [4.69, 9.17) is 4.74 Å². The Kier molecular flexibility index (Phi) is 2.90. The fraction of sp³-hybridized carbons (Fsp3) is 0.556. The van der Waals surface area contributed by atoms with Crippen LogP contribution in [-0.4, -0.2) is 33.5 Å². The Balaban J connectivity index is 2.27. The van der Waals surface area contributed by atoms with Crippen molar-refractivity contribution in [2.45, 2.75) is 24.9 Å². The SMILES string of the molecule is [O]C[C@H]1O[C@@H](n2ccc(=O)[nH]c2=O)C[C@@H]1O. The van der Waals surface area contributed by atoms with E-state index in [1.807, 2.05) is 0 Å². The van der Waals surface area contributed by atoms with Gasteiger partial charge >= 0.3 is 5.69 Å². The van der Waals surface area contributed by atoms with Crippen molar-refractivity contribution >= 4 is 0 Å². The molecule has 2 heterocycles. The molecule has 0 spiro atoms. The second kappa shape index (κ2) is 4.20. The van der Waals surface area contributed by atoms with Gasteiger partial charge in [-0.15, -0.1) is 0 Å². The maximum atomic E-state index is 11.4. The van der Waals surface area contributed by atoms with Crippen molar-refractivity contribution in [3.05, 3.63) is 33.1 Å². The summed E-state index contributed by atoms with van der Waals surface area (Å²) in [6.07, 6.45) is -0.923. The van der Waals surface area contributed by atoms with Gasteiger partial charge in [-0.3, -0.25) is 14.3 Å². The highest BCUT2D eigenvalue weighted by Gasteiger charge is 2.35. The molecule has 1 aliphatic heterocycles. The molecular weight excluding hydrogens is 216 g/mol. The first-order chi connectivity index (χ1) is 7.61. The van der Waals surface area contributed by atoms with Crippen LogP contribution in [0.2, 0.25) is 0 Å². The highest BCUT2D eigenvalue weighted by Crippen LogP contribution is 2.26. The smallest absolute Gasteiger partial charge is 0.330 e. The molecule has 87 valence electrons. The number of ether oxygens (including phenoxy) is 1. The van der Waals surface area contributed by atoms with E-state index in [1.54, 1.807) is 0 Å². The van der Waals surface area contributed by atoms with Crippen LogP contribution in [0.5, 0.6) is 0 Å². The maximum absolute atomic E-state index is 11.4. The molecule has 1 radical (unpaired) electrons. The maximum Gasteiger partial charge on any atom is 0.330 e. The zero-order chi connectivity index (χ0) is 11.7. The predicted octanol–water partition coefficient (Wildman–Crippen LogP) is -1.38. The van der Waals surface area contributed by atoms with Crippen LogP contribution in [0.1, 0.15) is 12.6 Å². The third kappa shape index (κ3) is 1.92. The predicted molar refractivity (Wildman–Crippen MR) is 51.4 cm³/mol. The molecule has 7 heteroatoms. The quantitative estimate of drug-likeness (QED) is 0.649. The summed E-state index contributed by atoms with van der Waals surface area (Å²) >= 11 is 0. The zero-order valence-electron chi connectivity index (χ0n) is 8.33. The van der Waals surface area contributed by atoms with Gasteiger partial charge in [-0.25, -0.2) is 9.90 Å². The van der Waals surface area contributed by atoms with E-state index < -0.39 is 36.3 Å². The summed E-state index contributed by atoms with van der Waals surface area (Å²) in [4.78, 5) is 24.3. The number of hydrogen-bond acceptors (Lipinski definition) is 4. The molecule has 1 aromatic heterocycles.